The molecule has 3 rings (SSSR count). The summed E-state index contributed by atoms with van der Waals surface area (Å²) in [6.45, 7) is 5.71. The van der Waals surface area contributed by atoms with Gasteiger partial charge in [0.2, 0.25) is 15.9 Å². The van der Waals surface area contributed by atoms with E-state index < -0.39 is 10.0 Å². The van der Waals surface area contributed by atoms with Crippen molar-refractivity contribution >= 4 is 21.6 Å². The predicted molar refractivity (Wildman–Crippen MR) is 103 cm³/mol. The van der Waals surface area contributed by atoms with Crippen LogP contribution in [-0.4, -0.2) is 56.3 Å². The lowest BCUT2D eigenvalue weighted by Gasteiger charge is -2.30. The number of nitrogens with zero attached hydrogens (tertiary/aromatic N) is 2. The molecular formula is C19H29N3O3S. The number of benzene rings is 1. The third kappa shape index (κ3) is 4.84. The first kappa shape index (κ1) is 19.3. The molecule has 1 amide bonds. The van der Waals surface area contributed by atoms with Gasteiger partial charge in [-0.25, -0.2) is 8.42 Å². The van der Waals surface area contributed by atoms with Crippen molar-refractivity contribution in [2.75, 3.05) is 38.0 Å². The van der Waals surface area contributed by atoms with Gasteiger partial charge in [-0.1, -0.05) is 13.3 Å². The first-order valence-electron chi connectivity index (χ1n) is 9.57. The van der Waals surface area contributed by atoms with Crippen molar-refractivity contribution in [3.63, 3.8) is 0 Å². The monoisotopic (exact) mass is 379 g/mol. The van der Waals surface area contributed by atoms with Gasteiger partial charge in [-0.2, -0.15) is 4.31 Å². The second-order valence-corrected chi connectivity index (χ2v) is 9.46. The Morgan fingerprint density at radius 1 is 1.08 bits per heavy atom. The highest BCUT2D eigenvalue weighted by molar-refractivity contribution is 7.89. The number of piperidine rings is 2. The second-order valence-electron chi connectivity index (χ2n) is 7.52. The maximum absolute atomic E-state index is 12.6. The first-order valence-corrected chi connectivity index (χ1v) is 11.0. The maximum Gasteiger partial charge on any atom is 0.243 e. The number of rotatable bonds is 5. The smallest absolute Gasteiger partial charge is 0.243 e. The summed E-state index contributed by atoms with van der Waals surface area (Å²) in [5, 5.41) is 2.87. The van der Waals surface area contributed by atoms with Crippen LogP contribution < -0.4 is 5.32 Å². The number of anilines is 1. The van der Waals surface area contributed by atoms with Crippen molar-refractivity contribution in [2.45, 2.75) is 43.9 Å². The third-order valence-electron chi connectivity index (χ3n) is 5.20. The summed E-state index contributed by atoms with van der Waals surface area (Å²) < 4.78 is 26.8. The highest BCUT2D eigenvalue weighted by atomic mass is 32.2. The Hall–Kier alpha value is -1.44. The van der Waals surface area contributed by atoms with E-state index >= 15 is 0 Å². The molecule has 2 heterocycles. The van der Waals surface area contributed by atoms with E-state index in [0.717, 1.165) is 38.8 Å². The van der Waals surface area contributed by atoms with Crippen LogP contribution in [-0.2, 0) is 14.8 Å². The Kier molecular flexibility index (Phi) is 6.32. The summed E-state index contributed by atoms with van der Waals surface area (Å²) in [4.78, 5) is 14.7. The zero-order valence-electron chi connectivity index (χ0n) is 15.5. The number of hydrogen-bond acceptors (Lipinski definition) is 4. The van der Waals surface area contributed by atoms with Crippen LogP contribution in [0.5, 0.6) is 0 Å². The normalized spacial score (nSPS) is 22.9. The minimum atomic E-state index is -3.42. The largest absolute Gasteiger partial charge is 0.325 e. The molecule has 0 radical (unpaired) electrons. The van der Waals surface area contributed by atoms with Gasteiger partial charge in [-0.15, -0.1) is 0 Å². The molecule has 0 unspecified atom stereocenters. The van der Waals surface area contributed by atoms with E-state index in [1.807, 2.05) is 0 Å². The average molecular weight is 380 g/mol. The van der Waals surface area contributed by atoms with E-state index in [9.17, 15) is 13.2 Å². The Morgan fingerprint density at radius 3 is 2.42 bits per heavy atom. The van der Waals surface area contributed by atoms with Crippen LogP contribution in [0.1, 0.15) is 39.0 Å². The Morgan fingerprint density at radius 2 is 1.77 bits per heavy atom. The second kappa shape index (κ2) is 8.50. The standard InChI is InChI=1S/C19H29N3O3S/c1-16-6-5-11-21(14-16)15-19(23)20-17-7-9-18(10-8-17)26(24,25)22-12-3-2-4-13-22/h7-10,16H,2-6,11-15H2,1H3,(H,20,23)/t16-/m1/s1. The third-order valence-corrected chi connectivity index (χ3v) is 7.11. The number of carbonyl (C=O) groups excluding carboxylic acids is 1. The molecule has 6 nitrogen and oxygen atoms in total. The van der Waals surface area contributed by atoms with Gasteiger partial charge < -0.3 is 5.32 Å². The van der Waals surface area contributed by atoms with Crippen molar-refractivity contribution in [3.05, 3.63) is 24.3 Å². The van der Waals surface area contributed by atoms with Gasteiger partial charge in [-0.3, -0.25) is 9.69 Å². The number of amides is 1. The first-order chi connectivity index (χ1) is 12.4. The molecule has 0 aliphatic carbocycles. The fourth-order valence-corrected chi connectivity index (χ4v) is 5.32. The van der Waals surface area contributed by atoms with Crippen molar-refractivity contribution in [3.8, 4) is 0 Å². The molecule has 1 atom stereocenters. The molecule has 1 aromatic rings. The van der Waals surface area contributed by atoms with E-state index in [2.05, 4.69) is 17.1 Å². The van der Waals surface area contributed by atoms with Gasteiger partial charge in [-0.05, 0) is 62.4 Å². The molecule has 0 spiro atoms. The van der Waals surface area contributed by atoms with Gasteiger partial charge in [0.15, 0.2) is 0 Å². The molecule has 1 N–H and O–H groups in total. The van der Waals surface area contributed by atoms with E-state index in [4.69, 9.17) is 0 Å². The highest BCUT2D eigenvalue weighted by Crippen LogP contribution is 2.22. The van der Waals surface area contributed by atoms with Crippen LogP contribution in [0, 0.1) is 5.92 Å². The van der Waals surface area contributed by atoms with Crippen LogP contribution >= 0.6 is 0 Å². The summed E-state index contributed by atoms with van der Waals surface area (Å²) in [5.74, 6) is 0.585. The number of hydrogen-bond donors (Lipinski definition) is 1. The summed E-state index contributed by atoms with van der Waals surface area (Å²) in [6.07, 6.45) is 5.29. The topological polar surface area (TPSA) is 69.7 Å². The molecule has 2 saturated heterocycles. The van der Waals surface area contributed by atoms with Gasteiger partial charge in [0.25, 0.3) is 0 Å². The van der Waals surface area contributed by atoms with Crippen LogP contribution in [0.15, 0.2) is 29.2 Å². The van der Waals surface area contributed by atoms with Crippen molar-refractivity contribution < 1.29 is 13.2 Å². The molecule has 2 fully saturated rings. The summed E-state index contributed by atoms with van der Waals surface area (Å²) in [6, 6.07) is 6.52. The van der Waals surface area contributed by atoms with Crippen molar-refractivity contribution in [1.29, 1.82) is 0 Å². The summed E-state index contributed by atoms with van der Waals surface area (Å²) in [5.41, 5.74) is 0.637. The van der Waals surface area contributed by atoms with Gasteiger partial charge in [0, 0.05) is 25.3 Å². The van der Waals surface area contributed by atoms with Crippen LogP contribution in [0.3, 0.4) is 0 Å². The van der Waals surface area contributed by atoms with Crippen LogP contribution in [0.4, 0.5) is 5.69 Å². The molecule has 144 valence electrons. The van der Waals surface area contributed by atoms with E-state index in [1.165, 1.54) is 6.42 Å². The van der Waals surface area contributed by atoms with Gasteiger partial charge in [0.05, 0.1) is 11.4 Å². The van der Waals surface area contributed by atoms with Crippen molar-refractivity contribution in [1.82, 2.24) is 9.21 Å². The lowest BCUT2D eigenvalue weighted by molar-refractivity contribution is -0.117. The Balaban J connectivity index is 1.57. The fraction of sp³-hybridized carbons (Fsp3) is 0.632. The molecule has 26 heavy (non-hydrogen) atoms. The number of sulfonamides is 1. The van der Waals surface area contributed by atoms with Crippen molar-refractivity contribution in [2.24, 2.45) is 5.92 Å². The number of likely N-dealkylation sites (tertiary alicyclic amines) is 1. The fourth-order valence-electron chi connectivity index (χ4n) is 3.80. The lowest BCUT2D eigenvalue weighted by atomic mass is 10.0. The summed E-state index contributed by atoms with van der Waals surface area (Å²) >= 11 is 0. The minimum absolute atomic E-state index is 0.0502. The quantitative estimate of drug-likeness (QED) is 0.853. The number of nitrogens with one attached hydrogen (secondary N) is 1. The zero-order valence-corrected chi connectivity index (χ0v) is 16.3. The maximum atomic E-state index is 12.6. The lowest BCUT2D eigenvalue weighted by Crippen LogP contribution is -2.39. The Bertz CT molecular complexity index is 712. The van der Waals surface area contributed by atoms with Crippen LogP contribution in [0.2, 0.25) is 0 Å². The van der Waals surface area contributed by atoms with Gasteiger partial charge >= 0.3 is 0 Å². The van der Waals surface area contributed by atoms with E-state index in [-0.39, 0.29) is 5.91 Å². The molecule has 0 saturated carbocycles. The Labute approximate surface area is 156 Å². The van der Waals surface area contributed by atoms with Gasteiger partial charge in [0.1, 0.15) is 0 Å². The zero-order chi connectivity index (χ0) is 18.6. The molecular weight excluding hydrogens is 350 g/mol. The van der Waals surface area contributed by atoms with Crippen LogP contribution in [0.25, 0.3) is 0 Å². The molecule has 0 aromatic heterocycles. The van der Waals surface area contributed by atoms with E-state index in [0.29, 0.717) is 36.1 Å². The molecule has 0 bridgehead atoms. The highest BCUT2D eigenvalue weighted by Gasteiger charge is 2.25. The molecule has 2 aliphatic rings. The predicted octanol–water partition coefficient (Wildman–Crippen LogP) is 2.53. The summed E-state index contributed by atoms with van der Waals surface area (Å²) in [7, 11) is -3.42. The molecule has 7 heteroatoms. The average Bonchev–Trinajstić information content (AvgIpc) is 2.63. The minimum Gasteiger partial charge on any atom is -0.325 e. The molecule has 2 aliphatic heterocycles. The number of carbonyl (C=O) groups is 1. The SMILES string of the molecule is C[C@@H]1CCCN(CC(=O)Nc2ccc(S(=O)(=O)N3CCCCC3)cc2)C1. The van der Waals surface area contributed by atoms with E-state index in [1.54, 1.807) is 28.6 Å². The molecule has 1 aromatic carbocycles.